The summed E-state index contributed by atoms with van der Waals surface area (Å²) in [6.07, 6.45) is 2.19. The summed E-state index contributed by atoms with van der Waals surface area (Å²) in [6.45, 7) is 7.12. The van der Waals surface area contributed by atoms with E-state index in [2.05, 4.69) is 15.8 Å². The van der Waals surface area contributed by atoms with Crippen LogP contribution in [-0.2, 0) is 10.0 Å². The number of benzene rings is 1. The van der Waals surface area contributed by atoms with E-state index in [1.165, 1.54) is 10.6 Å². The van der Waals surface area contributed by atoms with Crippen molar-refractivity contribution in [3.63, 3.8) is 0 Å². The molecule has 11 nitrogen and oxygen atoms in total. The quantitative estimate of drug-likeness (QED) is 0.348. The maximum absolute atomic E-state index is 12.2. The summed E-state index contributed by atoms with van der Waals surface area (Å²) in [4.78, 5) is 9.77. The van der Waals surface area contributed by atoms with E-state index in [1.807, 2.05) is 45.0 Å². The predicted octanol–water partition coefficient (Wildman–Crippen LogP) is 2.52. The van der Waals surface area contributed by atoms with E-state index in [-0.39, 0.29) is 12.6 Å². The fourth-order valence-corrected chi connectivity index (χ4v) is 5.53. The van der Waals surface area contributed by atoms with Gasteiger partial charge in [0.2, 0.25) is 10.0 Å². The molecule has 2 aromatic heterocycles. The summed E-state index contributed by atoms with van der Waals surface area (Å²) in [5, 5.41) is 20.5. The number of nitrogens with one attached hydrogen (secondary N) is 2. The number of anilines is 1. The number of rotatable bonds is 10. The molecule has 1 aliphatic heterocycles. The van der Waals surface area contributed by atoms with Crippen molar-refractivity contribution in [3.05, 3.63) is 41.3 Å². The highest BCUT2D eigenvalue weighted by atomic mass is 32.2. The normalized spacial score (nSPS) is 17.4. The molecule has 12 heteroatoms. The van der Waals surface area contributed by atoms with Crippen molar-refractivity contribution >= 4 is 15.8 Å². The molecule has 2 unspecified atom stereocenters. The summed E-state index contributed by atoms with van der Waals surface area (Å²) in [5.41, 5.74) is 3.78. The van der Waals surface area contributed by atoms with E-state index in [9.17, 15) is 13.5 Å². The fraction of sp³-hybridized carbons (Fsp3) is 0.500. The van der Waals surface area contributed by atoms with Crippen LogP contribution < -0.4 is 15.4 Å². The summed E-state index contributed by atoms with van der Waals surface area (Å²) in [5.74, 6) is 2.34. The molecule has 3 heterocycles. The van der Waals surface area contributed by atoms with Gasteiger partial charge in [0.15, 0.2) is 5.82 Å². The van der Waals surface area contributed by atoms with Crippen LogP contribution in [0, 0.1) is 20.8 Å². The standard InChI is InChI=1S/C26H36N6O5S/c1-16-24(23-17(2)31-37-18(23)3)29-26(19-8-6-10-22(12-19)36-15-21(33)13-27-4)30-25(16)28-20-9-7-11-32(14-20)38(5,34)35/h6,8,10,12,20-21,27,33H,7,9,11,13-15H2,1-5H3,(H,28,29,30). The first-order valence-electron chi connectivity index (χ1n) is 12.7. The topological polar surface area (TPSA) is 143 Å². The van der Waals surface area contributed by atoms with Crippen LogP contribution in [0.2, 0.25) is 0 Å². The number of sulfonamides is 1. The van der Waals surface area contributed by atoms with Crippen molar-refractivity contribution in [1.29, 1.82) is 0 Å². The number of aliphatic hydroxyl groups is 1. The first kappa shape index (κ1) is 28.0. The largest absolute Gasteiger partial charge is 0.491 e. The highest BCUT2D eigenvalue weighted by Gasteiger charge is 2.28. The van der Waals surface area contributed by atoms with Gasteiger partial charge in [-0.05, 0) is 52.8 Å². The molecular weight excluding hydrogens is 508 g/mol. The minimum absolute atomic E-state index is 0.0965. The van der Waals surface area contributed by atoms with Gasteiger partial charge in [-0.1, -0.05) is 17.3 Å². The molecule has 1 saturated heterocycles. The second-order valence-electron chi connectivity index (χ2n) is 9.72. The lowest BCUT2D eigenvalue weighted by Crippen LogP contribution is -2.44. The van der Waals surface area contributed by atoms with Crippen molar-refractivity contribution in [3.8, 4) is 28.4 Å². The van der Waals surface area contributed by atoms with Crippen LogP contribution in [0.15, 0.2) is 28.8 Å². The number of likely N-dealkylation sites (N-methyl/N-ethyl adjacent to an activating group) is 1. The average Bonchev–Trinajstić information content (AvgIpc) is 3.21. The maximum Gasteiger partial charge on any atom is 0.211 e. The van der Waals surface area contributed by atoms with Crippen LogP contribution >= 0.6 is 0 Å². The van der Waals surface area contributed by atoms with Gasteiger partial charge in [0.25, 0.3) is 0 Å². The SMILES string of the molecule is CNCC(O)COc1cccc(-c2nc(NC3CCCN(S(C)(=O)=O)C3)c(C)c(-c3c(C)noc3C)n2)c1. The van der Waals surface area contributed by atoms with Gasteiger partial charge in [0, 0.05) is 36.8 Å². The third-order valence-electron chi connectivity index (χ3n) is 6.58. The van der Waals surface area contributed by atoms with Crippen LogP contribution in [0.4, 0.5) is 5.82 Å². The molecule has 1 fully saturated rings. The zero-order valence-electron chi connectivity index (χ0n) is 22.5. The van der Waals surface area contributed by atoms with Gasteiger partial charge < -0.3 is 25.0 Å². The zero-order valence-corrected chi connectivity index (χ0v) is 23.3. The van der Waals surface area contributed by atoms with Crippen molar-refractivity contribution in [1.82, 2.24) is 24.7 Å². The highest BCUT2D eigenvalue weighted by molar-refractivity contribution is 7.88. The zero-order chi connectivity index (χ0) is 27.4. The Labute approximate surface area is 223 Å². The molecular formula is C26H36N6O5S. The molecule has 0 amide bonds. The van der Waals surface area contributed by atoms with Crippen molar-refractivity contribution in [2.75, 3.05) is 44.9 Å². The van der Waals surface area contributed by atoms with E-state index in [0.29, 0.717) is 48.5 Å². The molecule has 3 aromatic rings. The minimum atomic E-state index is -3.28. The molecule has 3 N–H and O–H groups in total. The third kappa shape index (κ3) is 6.49. The third-order valence-corrected chi connectivity index (χ3v) is 7.85. The Kier molecular flexibility index (Phi) is 8.66. The van der Waals surface area contributed by atoms with Crippen LogP contribution in [0.1, 0.15) is 29.9 Å². The number of piperidine rings is 1. The number of aliphatic hydroxyl groups excluding tert-OH is 1. The Bertz CT molecular complexity index is 1360. The van der Waals surface area contributed by atoms with Crippen LogP contribution in [-0.4, -0.2) is 84.6 Å². The van der Waals surface area contributed by atoms with E-state index < -0.39 is 16.1 Å². The van der Waals surface area contributed by atoms with Crippen LogP contribution in [0.5, 0.6) is 5.75 Å². The van der Waals surface area contributed by atoms with E-state index in [0.717, 1.165) is 35.2 Å². The second-order valence-corrected chi connectivity index (χ2v) is 11.7. The predicted molar refractivity (Wildman–Crippen MR) is 146 cm³/mol. The van der Waals surface area contributed by atoms with E-state index in [1.54, 1.807) is 7.05 Å². The number of ether oxygens (including phenoxy) is 1. The van der Waals surface area contributed by atoms with Crippen molar-refractivity contribution < 1.29 is 22.8 Å². The fourth-order valence-electron chi connectivity index (χ4n) is 4.62. The van der Waals surface area contributed by atoms with Gasteiger partial charge in [-0.15, -0.1) is 0 Å². The number of hydrogen-bond donors (Lipinski definition) is 3. The van der Waals surface area contributed by atoms with Crippen LogP contribution in [0.3, 0.4) is 0 Å². The van der Waals surface area contributed by atoms with Gasteiger partial charge in [-0.25, -0.2) is 22.7 Å². The Morgan fingerprint density at radius 1 is 1.26 bits per heavy atom. The minimum Gasteiger partial charge on any atom is -0.491 e. The van der Waals surface area contributed by atoms with Gasteiger partial charge in [-0.3, -0.25) is 0 Å². The first-order chi connectivity index (χ1) is 18.1. The van der Waals surface area contributed by atoms with Gasteiger partial charge >= 0.3 is 0 Å². The van der Waals surface area contributed by atoms with E-state index >= 15 is 0 Å². The van der Waals surface area contributed by atoms with Gasteiger partial charge in [0.05, 0.1) is 23.2 Å². The molecule has 4 rings (SSSR count). The molecule has 1 aromatic carbocycles. The number of aryl methyl sites for hydroxylation is 2. The lowest BCUT2D eigenvalue weighted by molar-refractivity contribution is 0.108. The lowest BCUT2D eigenvalue weighted by atomic mass is 10.0. The molecule has 0 aliphatic carbocycles. The smallest absolute Gasteiger partial charge is 0.211 e. The summed E-state index contributed by atoms with van der Waals surface area (Å²) < 4.78 is 37.1. The Balaban J connectivity index is 1.71. The van der Waals surface area contributed by atoms with Gasteiger partial charge in [-0.2, -0.15) is 0 Å². The summed E-state index contributed by atoms with van der Waals surface area (Å²) in [6, 6.07) is 7.31. The monoisotopic (exact) mass is 544 g/mol. The Morgan fingerprint density at radius 3 is 2.74 bits per heavy atom. The molecule has 0 radical (unpaired) electrons. The first-order valence-corrected chi connectivity index (χ1v) is 14.5. The Morgan fingerprint density at radius 2 is 2.05 bits per heavy atom. The van der Waals surface area contributed by atoms with E-state index in [4.69, 9.17) is 19.2 Å². The maximum atomic E-state index is 12.2. The molecule has 0 bridgehead atoms. The second kappa shape index (κ2) is 11.8. The molecule has 38 heavy (non-hydrogen) atoms. The highest BCUT2D eigenvalue weighted by Crippen LogP contribution is 2.34. The lowest BCUT2D eigenvalue weighted by Gasteiger charge is -2.32. The molecule has 1 aliphatic rings. The summed E-state index contributed by atoms with van der Waals surface area (Å²) in [7, 11) is -1.51. The number of nitrogens with zero attached hydrogens (tertiary/aromatic N) is 4. The van der Waals surface area contributed by atoms with Crippen molar-refractivity contribution in [2.45, 2.75) is 45.8 Å². The molecule has 0 spiro atoms. The van der Waals surface area contributed by atoms with Crippen molar-refractivity contribution in [2.24, 2.45) is 0 Å². The molecule has 0 saturated carbocycles. The van der Waals surface area contributed by atoms with Gasteiger partial charge in [0.1, 0.15) is 30.0 Å². The molecule has 2 atom stereocenters. The Hall–Kier alpha value is -3.06. The number of aromatic nitrogens is 3. The molecule has 206 valence electrons. The van der Waals surface area contributed by atoms with Crippen LogP contribution in [0.25, 0.3) is 22.6 Å². The summed E-state index contributed by atoms with van der Waals surface area (Å²) >= 11 is 0. The average molecular weight is 545 g/mol. The number of hydrogen-bond acceptors (Lipinski definition) is 10.